The molecule has 0 aliphatic carbocycles. The van der Waals surface area contributed by atoms with Gasteiger partial charge in [-0.2, -0.15) is 0 Å². The van der Waals surface area contributed by atoms with E-state index in [1.54, 1.807) is 13.8 Å². The van der Waals surface area contributed by atoms with Crippen LogP contribution in [0.15, 0.2) is 0 Å². The molecule has 1 aliphatic heterocycles. The fourth-order valence-corrected chi connectivity index (χ4v) is 1.68. The zero-order chi connectivity index (χ0) is 11.5. The number of hydrogen-bond acceptors (Lipinski definition) is 5. The molecule has 0 bridgehead atoms. The zero-order valence-electron chi connectivity index (χ0n) is 9.49. The molecule has 0 amide bonds. The Kier molecular flexibility index (Phi) is 4.07. The van der Waals surface area contributed by atoms with Crippen LogP contribution in [0.1, 0.15) is 33.6 Å². The van der Waals surface area contributed by atoms with Gasteiger partial charge in [0, 0.05) is 13.3 Å². The van der Waals surface area contributed by atoms with E-state index in [2.05, 4.69) is 0 Å². The average Bonchev–Trinajstić information content (AvgIpc) is 1.99. The highest BCUT2D eigenvalue weighted by molar-refractivity contribution is 5.66. The molecular formula is C10H19NO4. The second-order valence-corrected chi connectivity index (χ2v) is 4.11. The van der Waals surface area contributed by atoms with Gasteiger partial charge in [0.05, 0.1) is 6.10 Å². The van der Waals surface area contributed by atoms with Crippen molar-refractivity contribution in [2.24, 2.45) is 5.73 Å². The SMILES string of the molecule is CC(=O)O[C@@H]1CC(CCN)OC(C)(C)O1. The van der Waals surface area contributed by atoms with E-state index in [0.717, 1.165) is 6.42 Å². The molecule has 5 nitrogen and oxygen atoms in total. The lowest BCUT2D eigenvalue weighted by Gasteiger charge is -2.39. The summed E-state index contributed by atoms with van der Waals surface area (Å²) in [6.07, 6.45) is 0.746. The van der Waals surface area contributed by atoms with E-state index in [9.17, 15) is 4.79 Å². The number of esters is 1. The normalized spacial score (nSPS) is 29.9. The van der Waals surface area contributed by atoms with Gasteiger partial charge in [0.1, 0.15) is 0 Å². The van der Waals surface area contributed by atoms with Crippen LogP contribution in [0.2, 0.25) is 0 Å². The van der Waals surface area contributed by atoms with Gasteiger partial charge in [-0.15, -0.1) is 0 Å². The van der Waals surface area contributed by atoms with E-state index >= 15 is 0 Å². The molecule has 0 aromatic carbocycles. The highest BCUT2D eigenvalue weighted by Crippen LogP contribution is 2.28. The largest absolute Gasteiger partial charge is 0.436 e. The van der Waals surface area contributed by atoms with Crippen LogP contribution in [-0.2, 0) is 19.0 Å². The van der Waals surface area contributed by atoms with Gasteiger partial charge < -0.3 is 19.9 Å². The van der Waals surface area contributed by atoms with Crippen LogP contribution in [0.5, 0.6) is 0 Å². The van der Waals surface area contributed by atoms with E-state index in [-0.39, 0.29) is 12.1 Å². The second kappa shape index (κ2) is 4.92. The Morgan fingerprint density at radius 1 is 1.53 bits per heavy atom. The van der Waals surface area contributed by atoms with Crippen molar-refractivity contribution in [3.05, 3.63) is 0 Å². The summed E-state index contributed by atoms with van der Waals surface area (Å²) < 4.78 is 16.1. The van der Waals surface area contributed by atoms with Crippen molar-refractivity contribution in [2.45, 2.75) is 51.8 Å². The fraction of sp³-hybridized carbons (Fsp3) is 0.900. The van der Waals surface area contributed by atoms with Crippen molar-refractivity contribution in [3.63, 3.8) is 0 Å². The molecule has 1 rings (SSSR count). The van der Waals surface area contributed by atoms with Gasteiger partial charge in [0.25, 0.3) is 0 Å². The minimum Gasteiger partial charge on any atom is -0.436 e. The Labute approximate surface area is 89.9 Å². The van der Waals surface area contributed by atoms with Gasteiger partial charge in [-0.1, -0.05) is 0 Å². The third kappa shape index (κ3) is 4.15. The Balaban J connectivity index is 2.55. The summed E-state index contributed by atoms with van der Waals surface area (Å²) >= 11 is 0. The van der Waals surface area contributed by atoms with Crippen molar-refractivity contribution in [2.75, 3.05) is 6.54 Å². The predicted molar refractivity (Wildman–Crippen MR) is 53.9 cm³/mol. The highest BCUT2D eigenvalue weighted by Gasteiger charge is 2.36. The molecule has 1 saturated heterocycles. The summed E-state index contributed by atoms with van der Waals surface area (Å²) in [5, 5.41) is 0. The van der Waals surface area contributed by atoms with Gasteiger partial charge in [0.15, 0.2) is 5.79 Å². The Morgan fingerprint density at radius 3 is 2.73 bits per heavy atom. The van der Waals surface area contributed by atoms with Crippen molar-refractivity contribution < 1.29 is 19.0 Å². The molecule has 1 aliphatic rings. The van der Waals surface area contributed by atoms with Crippen LogP contribution in [0.3, 0.4) is 0 Å². The number of hydrogen-bond donors (Lipinski definition) is 1. The molecule has 0 aromatic rings. The van der Waals surface area contributed by atoms with E-state index in [1.165, 1.54) is 6.92 Å². The van der Waals surface area contributed by atoms with Crippen molar-refractivity contribution in [1.29, 1.82) is 0 Å². The summed E-state index contributed by atoms with van der Waals surface area (Å²) in [7, 11) is 0. The lowest BCUT2D eigenvalue weighted by Crippen LogP contribution is -2.46. The minimum absolute atomic E-state index is 0.0110. The van der Waals surface area contributed by atoms with Crippen LogP contribution in [0.4, 0.5) is 0 Å². The predicted octanol–water partition coefficient (Wildman–Crippen LogP) is 0.766. The lowest BCUT2D eigenvalue weighted by molar-refractivity contribution is -0.343. The summed E-state index contributed by atoms with van der Waals surface area (Å²) in [5.74, 6) is -1.07. The molecule has 5 heteroatoms. The monoisotopic (exact) mass is 217 g/mol. The van der Waals surface area contributed by atoms with Crippen LogP contribution < -0.4 is 5.73 Å². The number of carbonyl (C=O) groups excluding carboxylic acids is 1. The van der Waals surface area contributed by atoms with E-state index < -0.39 is 12.1 Å². The maximum Gasteiger partial charge on any atom is 0.304 e. The molecule has 15 heavy (non-hydrogen) atoms. The molecule has 1 unspecified atom stereocenters. The number of carbonyl (C=O) groups is 1. The van der Waals surface area contributed by atoms with Gasteiger partial charge in [-0.3, -0.25) is 4.79 Å². The zero-order valence-corrected chi connectivity index (χ0v) is 9.49. The number of ether oxygens (including phenoxy) is 3. The number of rotatable bonds is 3. The summed E-state index contributed by atoms with van der Waals surface area (Å²) in [6.45, 7) is 5.51. The van der Waals surface area contributed by atoms with E-state index in [4.69, 9.17) is 19.9 Å². The quantitative estimate of drug-likeness (QED) is 0.707. The average molecular weight is 217 g/mol. The minimum atomic E-state index is -0.724. The fourth-order valence-electron chi connectivity index (χ4n) is 1.68. The summed E-state index contributed by atoms with van der Waals surface area (Å²) in [5.41, 5.74) is 5.47. The molecule has 88 valence electrons. The lowest BCUT2D eigenvalue weighted by atomic mass is 10.1. The first-order valence-electron chi connectivity index (χ1n) is 5.16. The maximum absolute atomic E-state index is 10.8. The Morgan fingerprint density at radius 2 is 2.20 bits per heavy atom. The molecule has 0 saturated carbocycles. The van der Waals surface area contributed by atoms with Crippen LogP contribution in [0.25, 0.3) is 0 Å². The topological polar surface area (TPSA) is 70.8 Å². The van der Waals surface area contributed by atoms with E-state index in [0.29, 0.717) is 13.0 Å². The first-order valence-corrected chi connectivity index (χ1v) is 5.16. The maximum atomic E-state index is 10.8. The van der Waals surface area contributed by atoms with Crippen LogP contribution in [0, 0.1) is 0 Å². The van der Waals surface area contributed by atoms with Crippen LogP contribution in [-0.4, -0.2) is 30.7 Å². The molecule has 0 aromatic heterocycles. The van der Waals surface area contributed by atoms with Gasteiger partial charge in [-0.05, 0) is 26.8 Å². The molecule has 1 heterocycles. The standard InChI is InChI=1S/C10H19NO4/c1-7(12)13-9-6-8(4-5-11)14-10(2,3)15-9/h8-9H,4-6,11H2,1-3H3/t8?,9-/m0/s1. The summed E-state index contributed by atoms with van der Waals surface area (Å²) in [6, 6.07) is 0. The molecule has 2 atom stereocenters. The molecule has 2 N–H and O–H groups in total. The van der Waals surface area contributed by atoms with Crippen LogP contribution >= 0.6 is 0 Å². The second-order valence-electron chi connectivity index (χ2n) is 4.11. The Bertz CT molecular complexity index is 229. The van der Waals surface area contributed by atoms with Crippen molar-refractivity contribution in [3.8, 4) is 0 Å². The third-order valence-corrected chi connectivity index (χ3v) is 2.11. The molecule has 0 spiro atoms. The first kappa shape index (κ1) is 12.4. The smallest absolute Gasteiger partial charge is 0.304 e. The Hall–Kier alpha value is -0.650. The number of nitrogens with two attached hydrogens (primary N) is 1. The van der Waals surface area contributed by atoms with Gasteiger partial charge in [0.2, 0.25) is 6.29 Å². The molecule has 1 fully saturated rings. The highest BCUT2D eigenvalue weighted by atomic mass is 16.8. The van der Waals surface area contributed by atoms with Crippen molar-refractivity contribution in [1.82, 2.24) is 0 Å². The molecular weight excluding hydrogens is 198 g/mol. The van der Waals surface area contributed by atoms with Crippen molar-refractivity contribution >= 4 is 5.97 Å². The molecule has 0 radical (unpaired) electrons. The van der Waals surface area contributed by atoms with Gasteiger partial charge in [-0.25, -0.2) is 0 Å². The van der Waals surface area contributed by atoms with E-state index in [1.807, 2.05) is 0 Å². The first-order chi connectivity index (χ1) is 6.93. The third-order valence-electron chi connectivity index (χ3n) is 2.11. The van der Waals surface area contributed by atoms with Gasteiger partial charge >= 0.3 is 5.97 Å². The summed E-state index contributed by atoms with van der Waals surface area (Å²) in [4.78, 5) is 10.8.